The highest BCUT2D eigenvalue weighted by atomic mass is 79.9. The molecular formula is C14H17BrN2S2. The van der Waals surface area contributed by atoms with Gasteiger partial charge in [-0.3, -0.25) is 0 Å². The predicted molar refractivity (Wildman–Crippen MR) is 87.9 cm³/mol. The highest BCUT2D eigenvalue weighted by molar-refractivity contribution is 9.10. The highest BCUT2D eigenvalue weighted by Gasteiger charge is 2.08. The van der Waals surface area contributed by atoms with Gasteiger partial charge in [0.05, 0.1) is 11.4 Å². The third kappa shape index (κ3) is 4.60. The summed E-state index contributed by atoms with van der Waals surface area (Å²) in [7, 11) is 0. The molecule has 0 radical (unpaired) electrons. The second-order valence-electron chi connectivity index (χ2n) is 4.19. The number of hydrogen-bond donors (Lipinski definition) is 1. The summed E-state index contributed by atoms with van der Waals surface area (Å²) in [6.45, 7) is 5.25. The summed E-state index contributed by atoms with van der Waals surface area (Å²) in [5, 5.41) is 6.73. The minimum Gasteiger partial charge on any atom is -0.309 e. The molecule has 0 amide bonds. The standard InChI is InChI=1S/C14H17BrN2S2/c1-3-16-10(2)13-8-19-14(17-13)9-18-12-6-4-11(15)5-7-12/h4-8,10,16H,3,9H2,1-2H3. The van der Waals surface area contributed by atoms with Gasteiger partial charge >= 0.3 is 0 Å². The van der Waals surface area contributed by atoms with Crippen LogP contribution < -0.4 is 5.32 Å². The van der Waals surface area contributed by atoms with Gasteiger partial charge in [0.25, 0.3) is 0 Å². The van der Waals surface area contributed by atoms with Gasteiger partial charge in [-0.1, -0.05) is 22.9 Å². The lowest BCUT2D eigenvalue weighted by molar-refractivity contribution is 0.585. The van der Waals surface area contributed by atoms with Crippen molar-refractivity contribution < 1.29 is 0 Å². The molecule has 102 valence electrons. The fourth-order valence-corrected chi connectivity index (χ4v) is 3.75. The third-order valence-corrected chi connectivity index (χ3v) is 5.30. The van der Waals surface area contributed by atoms with Gasteiger partial charge in [-0.2, -0.15) is 0 Å². The minimum absolute atomic E-state index is 0.340. The Bertz CT molecular complexity index is 510. The molecule has 0 bridgehead atoms. The molecule has 1 heterocycles. The van der Waals surface area contributed by atoms with Crippen LogP contribution in [0.1, 0.15) is 30.6 Å². The molecule has 0 aliphatic rings. The quantitative estimate of drug-likeness (QED) is 0.747. The van der Waals surface area contributed by atoms with Gasteiger partial charge in [0.15, 0.2) is 0 Å². The van der Waals surface area contributed by atoms with Crippen LogP contribution in [-0.2, 0) is 5.75 Å². The SMILES string of the molecule is CCNC(C)c1csc(CSc2ccc(Br)cc2)n1. The summed E-state index contributed by atoms with van der Waals surface area (Å²) < 4.78 is 1.12. The zero-order valence-corrected chi connectivity index (χ0v) is 14.2. The van der Waals surface area contributed by atoms with Gasteiger partial charge < -0.3 is 5.32 Å². The summed E-state index contributed by atoms with van der Waals surface area (Å²) in [6.07, 6.45) is 0. The van der Waals surface area contributed by atoms with Crippen molar-refractivity contribution in [2.45, 2.75) is 30.5 Å². The molecule has 2 aromatic rings. The molecule has 2 rings (SSSR count). The number of thiazole rings is 1. The number of aromatic nitrogens is 1. The Morgan fingerprint density at radius 1 is 1.37 bits per heavy atom. The molecule has 0 saturated carbocycles. The van der Waals surface area contributed by atoms with Crippen LogP contribution in [0.2, 0.25) is 0 Å². The van der Waals surface area contributed by atoms with Gasteiger partial charge in [-0.05, 0) is 37.7 Å². The van der Waals surface area contributed by atoms with Crippen LogP contribution >= 0.6 is 39.0 Å². The molecule has 1 aromatic heterocycles. The second kappa shape index (κ2) is 7.43. The summed E-state index contributed by atoms with van der Waals surface area (Å²) in [5.41, 5.74) is 1.15. The fourth-order valence-electron chi connectivity index (χ4n) is 1.68. The van der Waals surface area contributed by atoms with Crippen molar-refractivity contribution in [3.8, 4) is 0 Å². The number of halogens is 1. The van der Waals surface area contributed by atoms with E-state index in [0.717, 1.165) is 22.5 Å². The Hall–Kier alpha value is -0.360. The lowest BCUT2D eigenvalue weighted by Crippen LogP contribution is -2.17. The molecule has 0 aliphatic carbocycles. The molecule has 2 nitrogen and oxygen atoms in total. The van der Waals surface area contributed by atoms with E-state index in [1.54, 1.807) is 11.3 Å². The maximum absolute atomic E-state index is 4.69. The molecule has 0 saturated heterocycles. The molecule has 0 fully saturated rings. The predicted octanol–water partition coefficient (Wildman–Crippen LogP) is 4.87. The highest BCUT2D eigenvalue weighted by Crippen LogP contribution is 2.26. The van der Waals surface area contributed by atoms with Crippen LogP contribution in [-0.4, -0.2) is 11.5 Å². The average Bonchev–Trinajstić information content (AvgIpc) is 2.87. The van der Waals surface area contributed by atoms with Crippen molar-refractivity contribution in [2.75, 3.05) is 6.54 Å². The number of nitrogens with one attached hydrogen (secondary N) is 1. The molecular weight excluding hydrogens is 340 g/mol. The largest absolute Gasteiger partial charge is 0.309 e. The summed E-state index contributed by atoms with van der Waals surface area (Å²) >= 11 is 7.02. The first-order valence-corrected chi connectivity index (χ1v) is 8.91. The Balaban J connectivity index is 1.91. The number of thioether (sulfide) groups is 1. The van der Waals surface area contributed by atoms with Crippen LogP contribution in [0.4, 0.5) is 0 Å². The lowest BCUT2D eigenvalue weighted by atomic mass is 10.2. The number of hydrogen-bond acceptors (Lipinski definition) is 4. The van der Waals surface area contributed by atoms with Gasteiger partial charge in [-0.15, -0.1) is 23.1 Å². The van der Waals surface area contributed by atoms with E-state index in [1.807, 2.05) is 11.8 Å². The van der Waals surface area contributed by atoms with Crippen LogP contribution in [0.5, 0.6) is 0 Å². The van der Waals surface area contributed by atoms with Crippen molar-refractivity contribution in [1.29, 1.82) is 0 Å². The van der Waals surface area contributed by atoms with Crippen molar-refractivity contribution >= 4 is 39.0 Å². The summed E-state index contributed by atoms with van der Waals surface area (Å²) in [4.78, 5) is 5.96. The second-order valence-corrected chi connectivity index (χ2v) is 7.10. The first-order valence-electron chi connectivity index (χ1n) is 6.25. The van der Waals surface area contributed by atoms with Gasteiger partial charge in [0.2, 0.25) is 0 Å². The van der Waals surface area contributed by atoms with E-state index in [1.165, 1.54) is 9.90 Å². The molecule has 0 spiro atoms. The molecule has 5 heteroatoms. The van der Waals surface area contributed by atoms with E-state index < -0.39 is 0 Å². The van der Waals surface area contributed by atoms with Gasteiger partial charge in [0.1, 0.15) is 5.01 Å². The Morgan fingerprint density at radius 3 is 2.79 bits per heavy atom. The third-order valence-electron chi connectivity index (χ3n) is 2.70. The monoisotopic (exact) mass is 356 g/mol. The fraction of sp³-hybridized carbons (Fsp3) is 0.357. The smallest absolute Gasteiger partial charge is 0.103 e. The van der Waals surface area contributed by atoms with E-state index in [0.29, 0.717) is 6.04 Å². The van der Waals surface area contributed by atoms with E-state index in [9.17, 15) is 0 Å². The zero-order chi connectivity index (χ0) is 13.7. The van der Waals surface area contributed by atoms with Crippen molar-refractivity contribution in [3.05, 3.63) is 44.8 Å². The van der Waals surface area contributed by atoms with Crippen LogP contribution in [0.25, 0.3) is 0 Å². The Kier molecular flexibility index (Phi) is 5.88. The minimum atomic E-state index is 0.340. The van der Waals surface area contributed by atoms with Crippen LogP contribution in [0, 0.1) is 0 Å². The van der Waals surface area contributed by atoms with E-state index in [-0.39, 0.29) is 0 Å². The molecule has 1 atom stereocenters. The summed E-state index contributed by atoms with van der Waals surface area (Å²) in [6, 6.07) is 8.74. The van der Waals surface area contributed by atoms with Crippen molar-refractivity contribution in [3.63, 3.8) is 0 Å². The van der Waals surface area contributed by atoms with E-state index in [2.05, 4.69) is 69.7 Å². The first kappa shape index (κ1) is 15.0. The van der Waals surface area contributed by atoms with Crippen molar-refractivity contribution in [2.24, 2.45) is 0 Å². The molecule has 1 unspecified atom stereocenters. The number of rotatable bonds is 6. The maximum atomic E-state index is 4.69. The molecule has 1 N–H and O–H groups in total. The van der Waals surface area contributed by atoms with Crippen LogP contribution in [0.15, 0.2) is 39.0 Å². The normalized spacial score (nSPS) is 12.6. The average molecular weight is 357 g/mol. The Morgan fingerprint density at radius 2 is 2.11 bits per heavy atom. The van der Waals surface area contributed by atoms with Gasteiger partial charge in [-0.25, -0.2) is 4.98 Å². The maximum Gasteiger partial charge on any atom is 0.103 e. The topological polar surface area (TPSA) is 24.9 Å². The number of benzene rings is 1. The van der Waals surface area contributed by atoms with Crippen LogP contribution in [0.3, 0.4) is 0 Å². The lowest BCUT2D eigenvalue weighted by Gasteiger charge is -2.08. The first-order chi connectivity index (χ1) is 9.19. The van der Waals surface area contributed by atoms with E-state index in [4.69, 9.17) is 0 Å². The van der Waals surface area contributed by atoms with Crippen molar-refractivity contribution in [1.82, 2.24) is 10.3 Å². The molecule has 0 aliphatic heterocycles. The molecule has 1 aromatic carbocycles. The zero-order valence-electron chi connectivity index (χ0n) is 11.0. The van der Waals surface area contributed by atoms with E-state index >= 15 is 0 Å². The number of nitrogens with zero attached hydrogens (tertiary/aromatic N) is 1. The molecule has 19 heavy (non-hydrogen) atoms. The van der Waals surface area contributed by atoms with Gasteiger partial charge in [0, 0.05) is 20.8 Å². The Labute approximate surface area is 131 Å². The summed E-state index contributed by atoms with van der Waals surface area (Å²) in [5.74, 6) is 0.936.